The molecule has 3 rings (SSSR count). The van der Waals surface area contributed by atoms with Gasteiger partial charge in [0.05, 0.1) is 5.69 Å². The van der Waals surface area contributed by atoms with E-state index in [0.29, 0.717) is 41.4 Å². The van der Waals surface area contributed by atoms with Gasteiger partial charge in [0, 0.05) is 17.1 Å². The number of alkyl halides is 3. The van der Waals surface area contributed by atoms with Gasteiger partial charge in [-0.2, -0.15) is 13.2 Å². The minimum Gasteiger partial charge on any atom is -0.472 e. The lowest BCUT2D eigenvalue weighted by Crippen LogP contribution is -2.26. The van der Waals surface area contributed by atoms with Crippen LogP contribution in [-0.2, 0) is 25.7 Å². The highest BCUT2D eigenvalue weighted by molar-refractivity contribution is 6.31. The van der Waals surface area contributed by atoms with Crippen molar-refractivity contribution in [2.45, 2.75) is 32.7 Å². The Morgan fingerprint density at radius 3 is 2.79 bits per heavy atom. The van der Waals surface area contributed by atoms with E-state index in [2.05, 4.69) is 10.3 Å². The standard InChI is InChI=1S/C17H16ClF3N2O/c1-10-2-3-12(14(18)6-10)9-24-16-13(17(19,20)21)7-11-4-5-22-8-15(11)23-16/h2-3,6-7,22H,4-5,8-9H2,1H3. The van der Waals surface area contributed by atoms with Gasteiger partial charge in [0.2, 0.25) is 5.88 Å². The number of hydrogen-bond acceptors (Lipinski definition) is 3. The highest BCUT2D eigenvalue weighted by atomic mass is 35.5. The number of rotatable bonds is 3. The van der Waals surface area contributed by atoms with Crippen LogP contribution in [0.1, 0.15) is 27.9 Å². The average Bonchev–Trinajstić information content (AvgIpc) is 2.52. The van der Waals surface area contributed by atoms with Crippen molar-refractivity contribution in [3.63, 3.8) is 0 Å². The molecule has 0 bridgehead atoms. The molecule has 0 aliphatic carbocycles. The monoisotopic (exact) mass is 356 g/mol. The number of pyridine rings is 1. The van der Waals surface area contributed by atoms with Crippen LogP contribution in [0.3, 0.4) is 0 Å². The number of nitrogens with one attached hydrogen (secondary N) is 1. The lowest BCUT2D eigenvalue weighted by atomic mass is 10.0. The number of aromatic nitrogens is 1. The maximum atomic E-state index is 13.3. The van der Waals surface area contributed by atoms with Crippen molar-refractivity contribution in [1.82, 2.24) is 10.3 Å². The molecule has 2 heterocycles. The van der Waals surface area contributed by atoms with E-state index in [4.69, 9.17) is 16.3 Å². The number of hydrogen-bond donors (Lipinski definition) is 1. The van der Waals surface area contributed by atoms with Crippen LogP contribution in [0, 0.1) is 6.92 Å². The molecule has 3 nitrogen and oxygen atoms in total. The molecule has 1 aromatic carbocycles. The Morgan fingerprint density at radius 1 is 1.29 bits per heavy atom. The first kappa shape index (κ1) is 17.0. The maximum Gasteiger partial charge on any atom is 0.421 e. The van der Waals surface area contributed by atoms with Crippen molar-refractivity contribution >= 4 is 11.6 Å². The zero-order valence-corrected chi connectivity index (χ0v) is 13.8. The Hall–Kier alpha value is -1.79. The third-order valence-electron chi connectivity index (χ3n) is 3.90. The fraction of sp³-hybridized carbons (Fsp3) is 0.353. The molecular weight excluding hydrogens is 341 g/mol. The molecular formula is C17H16ClF3N2O. The maximum absolute atomic E-state index is 13.3. The zero-order valence-electron chi connectivity index (χ0n) is 13.0. The largest absolute Gasteiger partial charge is 0.472 e. The molecule has 7 heteroatoms. The highest BCUT2D eigenvalue weighted by Crippen LogP contribution is 2.37. The second-order valence-corrected chi connectivity index (χ2v) is 6.16. The molecule has 1 aliphatic heterocycles. The van der Waals surface area contributed by atoms with Crippen LogP contribution < -0.4 is 10.1 Å². The van der Waals surface area contributed by atoms with Crippen LogP contribution in [-0.4, -0.2) is 11.5 Å². The second-order valence-electron chi connectivity index (χ2n) is 5.75. The Bertz CT molecular complexity index is 762. The summed E-state index contributed by atoms with van der Waals surface area (Å²) in [4.78, 5) is 4.09. The molecule has 0 fully saturated rings. The van der Waals surface area contributed by atoms with Crippen molar-refractivity contribution in [3.8, 4) is 5.88 Å². The molecule has 0 unspecified atom stereocenters. The van der Waals surface area contributed by atoms with Crippen LogP contribution in [0.2, 0.25) is 5.02 Å². The van der Waals surface area contributed by atoms with Gasteiger partial charge in [-0.05, 0) is 43.1 Å². The molecule has 0 saturated carbocycles. The summed E-state index contributed by atoms with van der Waals surface area (Å²) in [7, 11) is 0. The van der Waals surface area contributed by atoms with Crippen molar-refractivity contribution in [3.05, 3.63) is 57.2 Å². The summed E-state index contributed by atoms with van der Waals surface area (Å²) >= 11 is 6.11. The molecule has 24 heavy (non-hydrogen) atoms. The summed E-state index contributed by atoms with van der Waals surface area (Å²) in [6, 6.07) is 6.47. The first-order chi connectivity index (χ1) is 11.3. The Balaban J connectivity index is 1.91. The van der Waals surface area contributed by atoms with Gasteiger partial charge in [-0.25, -0.2) is 4.98 Å². The quantitative estimate of drug-likeness (QED) is 0.891. The number of ether oxygens (including phenoxy) is 1. The van der Waals surface area contributed by atoms with E-state index < -0.39 is 17.6 Å². The minimum atomic E-state index is -4.51. The van der Waals surface area contributed by atoms with Gasteiger partial charge >= 0.3 is 6.18 Å². The number of fused-ring (bicyclic) bond motifs is 1. The number of halogens is 4. The molecule has 0 amide bonds. The molecule has 1 N–H and O–H groups in total. The predicted molar refractivity (Wildman–Crippen MR) is 85.2 cm³/mol. The first-order valence-electron chi connectivity index (χ1n) is 7.53. The zero-order chi connectivity index (χ0) is 17.3. The molecule has 0 atom stereocenters. The van der Waals surface area contributed by atoms with Gasteiger partial charge in [-0.1, -0.05) is 23.7 Å². The van der Waals surface area contributed by atoms with Crippen LogP contribution in [0.25, 0.3) is 0 Å². The van der Waals surface area contributed by atoms with Gasteiger partial charge in [-0.3, -0.25) is 0 Å². The van der Waals surface area contributed by atoms with Crippen LogP contribution in [0.5, 0.6) is 5.88 Å². The van der Waals surface area contributed by atoms with E-state index in [1.54, 1.807) is 12.1 Å². The fourth-order valence-corrected chi connectivity index (χ4v) is 2.89. The predicted octanol–water partition coefficient (Wildman–Crippen LogP) is 4.29. The van der Waals surface area contributed by atoms with Crippen molar-refractivity contribution < 1.29 is 17.9 Å². The molecule has 1 aromatic heterocycles. The Kier molecular flexibility index (Phi) is 4.69. The van der Waals surface area contributed by atoms with E-state index in [1.165, 1.54) is 0 Å². The normalized spacial score (nSPS) is 14.4. The summed E-state index contributed by atoms with van der Waals surface area (Å²) in [5.74, 6) is -0.401. The van der Waals surface area contributed by atoms with Crippen LogP contribution in [0.15, 0.2) is 24.3 Å². The van der Waals surface area contributed by atoms with Crippen molar-refractivity contribution in [2.24, 2.45) is 0 Å². The van der Waals surface area contributed by atoms with Gasteiger partial charge in [0.1, 0.15) is 12.2 Å². The van der Waals surface area contributed by atoms with Crippen LogP contribution in [0.4, 0.5) is 13.2 Å². The van der Waals surface area contributed by atoms with Gasteiger partial charge in [0.25, 0.3) is 0 Å². The van der Waals surface area contributed by atoms with Gasteiger partial charge in [-0.15, -0.1) is 0 Å². The van der Waals surface area contributed by atoms with Crippen molar-refractivity contribution in [1.29, 1.82) is 0 Å². The molecule has 0 saturated heterocycles. The topological polar surface area (TPSA) is 34.1 Å². The van der Waals surface area contributed by atoms with Gasteiger partial charge < -0.3 is 10.1 Å². The molecule has 2 aromatic rings. The third kappa shape index (κ3) is 3.65. The summed E-state index contributed by atoms with van der Waals surface area (Å²) in [5.41, 5.74) is 1.96. The number of aryl methyl sites for hydroxylation is 1. The van der Waals surface area contributed by atoms with E-state index in [1.807, 2.05) is 13.0 Å². The fourth-order valence-electron chi connectivity index (χ4n) is 2.60. The smallest absolute Gasteiger partial charge is 0.421 e. The van der Waals surface area contributed by atoms with Crippen molar-refractivity contribution in [2.75, 3.05) is 6.54 Å². The first-order valence-corrected chi connectivity index (χ1v) is 7.91. The SMILES string of the molecule is Cc1ccc(COc2nc3c(cc2C(F)(F)F)CCNC3)c(Cl)c1. The van der Waals surface area contributed by atoms with E-state index in [0.717, 1.165) is 11.6 Å². The van der Waals surface area contributed by atoms with Gasteiger partial charge in [0.15, 0.2) is 0 Å². The molecule has 128 valence electrons. The van der Waals surface area contributed by atoms with E-state index in [-0.39, 0.29) is 6.61 Å². The number of benzene rings is 1. The summed E-state index contributed by atoms with van der Waals surface area (Å²) in [6.07, 6.45) is -3.99. The van der Waals surface area contributed by atoms with E-state index in [9.17, 15) is 13.2 Å². The highest BCUT2D eigenvalue weighted by Gasteiger charge is 2.36. The Labute approximate surface area is 142 Å². The Morgan fingerprint density at radius 2 is 2.08 bits per heavy atom. The average molecular weight is 357 g/mol. The number of nitrogens with zero attached hydrogens (tertiary/aromatic N) is 1. The third-order valence-corrected chi connectivity index (χ3v) is 4.25. The summed E-state index contributed by atoms with van der Waals surface area (Å²) in [6.45, 7) is 2.90. The second kappa shape index (κ2) is 6.61. The lowest BCUT2D eigenvalue weighted by molar-refractivity contribution is -0.139. The molecule has 0 radical (unpaired) electrons. The summed E-state index contributed by atoms with van der Waals surface area (Å²) < 4.78 is 45.3. The molecule has 0 spiro atoms. The van der Waals surface area contributed by atoms with Crippen LogP contribution >= 0.6 is 11.6 Å². The van der Waals surface area contributed by atoms with E-state index >= 15 is 0 Å². The lowest BCUT2D eigenvalue weighted by Gasteiger charge is -2.21. The molecule has 1 aliphatic rings. The minimum absolute atomic E-state index is 0.0680. The summed E-state index contributed by atoms with van der Waals surface area (Å²) in [5, 5.41) is 3.56.